The van der Waals surface area contributed by atoms with Gasteiger partial charge in [0, 0.05) is 81.6 Å². The summed E-state index contributed by atoms with van der Waals surface area (Å²) in [6, 6.07) is 0. The van der Waals surface area contributed by atoms with Crippen LogP contribution in [0.1, 0.15) is 61.3 Å². The van der Waals surface area contributed by atoms with Crippen LogP contribution in [0, 0.1) is 11.8 Å². The number of nitrogens with zero attached hydrogens (tertiary/aromatic N) is 3. The monoisotopic (exact) mass is 473 g/mol. The highest BCUT2D eigenvalue weighted by Crippen LogP contribution is 2.27. The van der Waals surface area contributed by atoms with Gasteiger partial charge in [0.2, 0.25) is 23.6 Å². The quantitative estimate of drug-likeness (QED) is 0.637. The van der Waals surface area contributed by atoms with Crippen LogP contribution in [0.3, 0.4) is 0 Å². The Hall–Kier alpha value is -2.16. The number of likely N-dealkylation sites (N-methyl/N-ethyl adjacent to an activating group) is 1. The van der Waals surface area contributed by atoms with Gasteiger partial charge in [-0.25, -0.2) is 0 Å². The van der Waals surface area contributed by atoms with E-state index in [4.69, 9.17) is 0 Å². The zero-order chi connectivity index (χ0) is 26.6. The molecule has 9 heteroatoms. The third-order valence-corrected chi connectivity index (χ3v) is 4.27. The van der Waals surface area contributed by atoms with Gasteiger partial charge in [-0.2, -0.15) is 0 Å². The van der Waals surface area contributed by atoms with Crippen LogP contribution in [0.4, 0.5) is 0 Å². The summed E-state index contributed by atoms with van der Waals surface area (Å²) in [6.07, 6.45) is 2.61. The molecule has 1 saturated heterocycles. The van der Waals surface area contributed by atoms with E-state index in [1.54, 1.807) is 35.0 Å². The van der Waals surface area contributed by atoms with Gasteiger partial charge in [-0.3, -0.25) is 19.2 Å². The molecule has 1 heterocycles. The molecule has 0 aromatic heterocycles. The van der Waals surface area contributed by atoms with Gasteiger partial charge in [0.1, 0.15) is 0 Å². The largest absolute Gasteiger partial charge is 0.359 e. The fraction of sp³-hybridized carbons (Fsp3) is 0.833. The molecule has 0 radical (unpaired) electrons. The smallest absolute Gasteiger partial charge is 0.219 e. The predicted molar refractivity (Wildman–Crippen MR) is 136 cm³/mol. The lowest BCUT2D eigenvalue weighted by Gasteiger charge is -2.31. The van der Waals surface area contributed by atoms with Crippen molar-refractivity contribution in [2.24, 2.45) is 11.8 Å². The van der Waals surface area contributed by atoms with Crippen molar-refractivity contribution >= 4 is 23.6 Å². The highest BCUT2D eigenvalue weighted by atomic mass is 16.2. The Labute approximate surface area is 202 Å². The van der Waals surface area contributed by atoms with Crippen LogP contribution >= 0.6 is 0 Å². The van der Waals surface area contributed by atoms with Crippen molar-refractivity contribution < 1.29 is 19.2 Å². The maximum Gasteiger partial charge on any atom is 0.219 e. The summed E-state index contributed by atoms with van der Waals surface area (Å²) in [5, 5.41) is 5.16. The number of hydrogen-bond acceptors (Lipinski definition) is 5. The molecule has 1 saturated carbocycles. The van der Waals surface area contributed by atoms with Gasteiger partial charge in [-0.05, 0) is 31.7 Å². The van der Waals surface area contributed by atoms with Crippen LogP contribution in [0.25, 0.3) is 0 Å². The first kappa shape index (κ1) is 35.4. The van der Waals surface area contributed by atoms with Crippen molar-refractivity contribution in [2.45, 2.75) is 61.3 Å². The summed E-state index contributed by atoms with van der Waals surface area (Å²) in [5.74, 6) is 2.03. The fourth-order valence-corrected chi connectivity index (χ4v) is 1.73. The van der Waals surface area contributed by atoms with Gasteiger partial charge in [0.15, 0.2) is 0 Å². The number of piperazine rings is 1. The Bertz CT molecular complexity index is 538. The van der Waals surface area contributed by atoms with E-state index in [-0.39, 0.29) is 23.6 Å². The molecule has 0 spiro atoms. The average Bonchev–Trinajstić information content (AvgIpc) is 3.52. The molecular weight excluding hydrogens is 422 g/mol. The third-order valence-electron chi connectivity index (χ3n) is 4.27. The van der Waals surface area contributed by atoms with Crippen LogP contribution in [0.15, 0.2) is 0 Å². The Morgan fingerprint density at radius 1 is 0.879 bits per heavy atom. The van der Waals surface area contributed by atoms with E-state index in [9.17, 15) is 19.2 Å². The van der Waals surface area contributed by atoms with Crippen LogP contribution in [0.2, 0.25) is 0 Å². The van der Waals surface area contributed by atoms with Crippen molar-refractivity contribution in [1.82, 2.24) is 25.3 Å². The van der Waals surface area contributed by atoms with E-state index in [1.165, 1.54) is 31.6 Å². The van der Waals surface area contributed by atoms with E-state index in [1.807, 2.05) is 4.90 Å². The number of carbonyl (C=O) groups excluding carboxylic acids is 4. The van der Waals surface area contributed by atoms with Gasteiger partial charge in [0.25, 0.3) is 0 Å². The molecular formula is C24H51N5O4. The minimum atomic E-state index is 0.00463. The Morgan fingerprint density at radius 3 is 1.45 bits per heavy atom. The highest BCUT2D eigenvalue weighted by molar-refractivity contribution is 5.73. The molecule has 2 aliphatic rings. The van der Waals surface area contributed by atoms with Crippen molar-refractivity contribution in [1.29, 1.82) is 0 Å². The Morgan fingerprint density at radius 2 is 1.24 bits per heavy atom. The highest BCUT2D eigenvalue weighted by Gasteiger charge is 2.20. The van der Waals surface area contributed by atoms with Gasteiger partial charge >= 0.3 is 0 Å². The minimum absolute atomic E-state index is 0.00463. The molecule has 2 N–H and O–H groups in total. The van der Waals surface area contributed by atoms with Gasteiger partial charge in [0.05, 0.1) is 0 Å². The molecule has 2 fully saturated rings. The second-order valence-corrected chi connectivity index (χ2v) is 9.14. The lowest BCUT2D eigenvalue weighted by atomic mass is 10.3. The average molecular weight is 474 g/mol. The topological polar surface area (TPSA) is 102 Å². The summed E-state index contributed by atoms with van der Waals surface area (Å²) in [4.78, 5) is 46.5. The van der Waals surface area contributed by atoms with Crippen LogP contribution in [-0.4, -0.2) is 99.2 Å². The van der Waals surface area contributed by atoms with E-state index >= 15 is 0 Å². The van der Waals surface area contributed by atoms with E-state index in [2.05, 4.69) is 43.4 Å². The van der Waals surface area contributed by atoms with Crippen molar-refractivity contribution in [3.05, 3.63) is 0 Å². The van der Waals surface area contributed by atoms with Gasteiger partial charge < -0.3 is 25.3 Å². The fourth-order valence-electron chi connectivity index (χ4n) is 1.73. The summed E-state index contributed by atoms with van der Waals surface area (Å²) < 4.78 is 0. The Kier molecular flexibility index (Phi) is 23.3. The molecule has 0 aromatic rings. The standard InChI is InChI=1S/C7H14N2O.C6H11NO.C4H9NO.C4H10.C3H7NO/c1-7(10)9-5-3-8(2)4-6-9;1-5(8)7-4-6-2-3-6;1-4(6)5(2)3;1-4(2)3;1-3(5)4-2/h3-6H2,1-2H3;6H,2-4H2,1H3,(H,7,8);1-3H3;4H,1-3H3;1-2H3,(H,4,5). The van der Waals surface area contributed by atoms with E-state index in [0.717, 1.165) is 44.6 Å². The minimum Gasteiger partial charge on any atom is -0.359 e. The Balaban J connectivity index is -0.000000356. The second kappa shape index (κ2) is 21.7. The molecule has 0 atom stereocenters. The lowest BCUT2D eigenvalue weighted by molar-refractivity contribution is -0.130. The first-order valence-corrected chi connectivity index (χ1v) is 11.7. The van der Waals surface area contributed by atoms with Crippen LogP contribution < -0.4 is 10.6 Å². The summed E-state index contributed by atoms with van der Waals surface area (Å²) in [7, 11) is 7.13. The first-order chi connectivity index (χ1) is 15.1. The van der Waals surface area contributed by atoms with Crippen LogP contribution in [-0.2, 0) is 19.2 Å². The van der Waals surface area contributed by atoms with E-state index < -0.39 is 0 Å². The molecule has 4 amide bonds. The maximum absolute atomic E-state index is 10.8. The molecule has 0 unspecified atom stereocenters. The number of carbonyl (C=O) groups is 4. The van der Waals surface area contributed by atoms with Gasteiger partial charge in [-0.1, -0.05) is 20.8 Å². The molecule has 2 rings (SSSR count). The number of rotatable bonds is 2. The maximum atomic E-state index is 10.8. The lowest BCUT2D eigenvalue weighted by Crippen LogP contribution is -2.46. The van der Waals surface area contributed by atoms with Crippen LogP contribution in [0.5, 0.6) is 0 Å². The molecule has 0 bridgehead atoms. The molecule has 196 valence electrons. The van der Waals surface area contributed by atoms with Crippen molar-refractivity contribution in [2.75, 3.05) is 60.9 Å². The number of hydrogen-bond donors (Lipinski definition) is 2. The number of nitrogens with one attached hydrogen (secondary N) is 2. The molecule has 1 aliphatic heterocycles. The summed E-state index contributed by atoms with van der Waals surface area (Å²) >= 11 is 0. The van der Waals surface area contributed by atoms with Crippen molar-refractivity contribution in [3.63, 3.8) is 0 Å². The summed E-state index contributed by atoms with van der Waals surface area (Å²) in [5.41, 5.74) is 0. The predicted octanol–water partition coefficient (Wildman–Crippen LogP) is 1.82. The summed E-state index contributed by atoms with van der Waals surface area (Å²) in [6.45, 7) is 17.4. The molecule has 0 aromatic carbocycles. The van der Waals surface area contributed by atoms with Gasteiger partial charge in [-0.15, -0.1) is 0 Å². The normalized spacial score (nSPS) is 14.4. The SMILES string of the molecule is CC(=O)N(C)C.CC(=O)N1CCN(C)CC1.CC(=O)NCC1CC1.CC(C)C.CNC(C)=O. The molecule has 9 nitrogen and oxygen atoms in total. The second-order valence-electron chi connectivity index (χ2n) is 9.14. The van der Waals surface area contributed by atoms with E-state index in [0.29, 0.717) is 0 Å². The molecule has 33 heavy (non-hydrogen) atoms. The number of amides is 4. The first-order valence-electron chi connectivity index (χ1n) is 11.7. The zero-order valence-electron chi connectivity index (χ0n) is 23.1. The molecule has 1 aliphatic carbocycles. The third kappa shape index (κ3) is 34.6. The zero-order valence-corrected chi connectivity index (χ0v) is 23.1. The van der Waals surface area contributed by atoms with Crippen molar-refractivity contribution in [3.8, 4) is 0 Å².